The van der Waals surface area contributed by atoms with Crippen LogP contribution in [0.3, 0.4) is 0 Å². The van der Waals surface area contributed by atoms with Crippen LogP contribution in [0.4, 0.5) is 0 Å². The van der Waals surface area contributed by atoms with Crippen molar-refractivity contribution >= 4 is 40.5 Å². The fourth-order valence-corrected chi connectivity index (χ4v) is 4.24. The van der Waals surface area contributed by atoms with Crippen molar-refractivity contribution in [3.8, 4) is 0 Å². The second-order valence-corrected chi connectivity index (χ2v) is 7.13. The highest BCUT2D eigenvalue weighted by molar-refractivity contribution is 8.18. The van der Waals surface area contributed by atoms with Crippen molar-refractivity contribution in [2.45, 2.75) is 19.9 Å². The van der Waals surface area contributed by atoms with Gasteiger partial charge >= 0.3 is 11.9 Å². The van der Waals surface area contributed by atoms with Crippen LogP contribution in [-0.4, -0.2) is 36.2 Å². The quantitative estimate of drug-likeness (QED) is 0.731. The lowest BCUT2D eigenvalue weighted by Gasteiger charge is -2.35. The van der Waals surface area contributed by atoms with Gasteiger partial charge in [-0.05, 0) is 43.3 Å². The molecule has 6 nitrogen and oxygen atoms in total. The Labute approximate surface area is 160 Å². The highest BCUT2D eigenvalue weighted by Crippen LogP contribution is 2.47. The largest absolute Gasteiger partial charge is 0.466 e. The molecule has 1 aromatic rings. The van der Waals surface area contributed by atoms with Gasteiger partial charge in [-0.15, -0.1) is 0 Å². The Balaban J connectivity index is 2.18. The number of rotatable bonds is 3. The first-order chi connectivity index (χ1) is 12.4. The predicted octanol–water partition coefficient (Wildman–Crippen LogP) is 3.65. The molecular weight excluding hydrogens is 376 g/mol. The zero-order valence-electron chi connectivity index (χ0n) is 14.7. The van der Waals surface area contributed by atoms with Gasteiger partial charge in [0.15, 0.2) is 5.17 Å². The Hall–Kier alpha value is -2.25. The van der Waals surface area contributed by atoms with Crippen LogP contribution in [0.1, 0.15) is 25.5 Å². The minimum atomic E-state index is -0.470. The number of halogens is 1. The van der Waals surface area contributed by atoms with E-state index in [1.165, 1.54) is 26.0 Å². The van der Waals surface area contributed by atoms with Crippen LogP contribution >= 0.6 is 23.4 Å². The van der Waals surface area contributed by atoms with Crippen molar-refractivity contribution in [3.05, 3.63) is 56.7 Å². The second-order valence-electron chi connectivity index (χ2n) is 5.72. The van der Waals surface area contributed by atoms with E-state index < -0.39 is 18.0 Å². The van der Waals surface area contributed by atoms with Gasteiger partial charge in [0.05, 0.1) is 31.5 Å². The first-order valence-electron chi connectivity index (χ1n) is 7.78. The molecule has 1 unspecified atom stereocenters. The number of amidine groups is 1. The smallest absolute Gasteiger partial charge is 0.346 e. The molecule has 0 saturated carbocycles. The molecule has 3 rings (SSSR count). The van der Waals surface area contributed by atoms with E-state index in [0.29, 0.717) is 32.1 Å². The molecule has 2 aliphatic heterocycles. The summed E-state index contributed by atoms with van der Waals surface area (Å²) < 4.78 is 9.85. The lowest BCUT2D eigenvalue weighted by atomic mass is 9.94. The molecule has 2 aliphatic rings. The SMILES string of the molecule is COC(=O)C1=C(C)N2C(=NC(C)=C(C(=O)OC)C2c2ccc(Cl)cc2)S1. The van der Waals surface area contributed by atoms with E-state index in [4.69, 9.17) is 21.1 Å². The van der Waals surface area contributed by atoms with Crippen LogP contribution in [0.5, 0.6) is 0 Å². The number of methoxy groups -OCH3 is 2. The summed E-state index contributed by atoms with van der Waals surface area (Å²) in [5, 5.41) is 1.21. The number of ether oxygens (including phenoxy) is 2. The van der Waals surface area contributed by atoms with Crippen LogP contribution in [-0.2, 0) is 19.1 Å². The van der Waals surface area contributed by atoms with Crippen LogP contribution < -0.4 is 0 Å². The van der Waals surface area contributed by atoms with Gasteiger partial charge in [-0.25, -0.2) is 14.6 Å². The lowest BCUT2D eigenvalue weighted by molar-refractivity contribution is -0.137. The minimum Gasteiger partial charge on any atom is -0.466 e. The summed E-state index contributed by atoms with van der Waals surface area (Å²) in [4.78, 5) is 31.4. The van der Waals surface area contributed by atoms with Crippen LogP contribution in [0.2, 0.25) is 5.02 Å². The third-order valence-electron chi connectivity index (χ3n) is 4.24. The van der Waals surface area contributed by atoms with Crippen molar-refractivity contribution in [2.24, 2.45) is 4.99 Å². The van der Waals surface area contributed by atoms with Crippen LogP contribution in [0.25, 0.3) is 0 Å². The number of aliphatic imine (C=N–C) groups is 1. The van der Waals surface area contributed by atoms with Gasteiger partial charge in [0.1, 0.15) is 4.91 Å². The van der Waals surface area contributed by atoms with Crippen molar-refractivity contribution in [3.63, 3.8) is 0 Å². The molecule has 2 heterocycles. The average Bonchev–Trinajstić information content (AvgIpc) is 2.96. The number of hydrogen-bond donors (Lipinski definition) is 0. The maximum absolute atomic E-state index is 12.5. The molecule has 0 aromatic heterocycles. The zero-order valence-corrected chi connectivity index (χ0v) is 16.3. The van der Waals surface area contributed by atoms with Gasteiger partial charge < -0.3 is 14.4 Å². The molecule has 1 atom stereocenters. The topological polar surface area (TPSA) is 68.2 Å². The Morgan fingerprint density at radius 3 is 2.31 bits per heavy atom. The van der Waals surface area contributed by atoms with E-state index in [2.05, 4.69) is 4.99 Å². The van der Waals surface area contributed by atoms with E-state index in [0.717, 1.165) is 5.56 Å². The minimum absolute atomic E-state index is 0.421. The van der Waals surface area contributed by atoms with Gasteiger partial charge in [0.2, 0.25) is 0 Å². The standard InChI is InChI=1S/C18H17ClN2O4S/c1-9-13(16(22)24-3)14(11-5-7-12(19)8-6-11)21-10(2)15(17(23)25-4)26-18(21)20-9/h5-8,14H,1-4H3. The van der Waals surface area contributed by atoms with Gasteiger partial charge in [-0.3, -0.25) is 0 Å². The van der Waals surface area contributed by atoms with Crippen LogP contribution in [0.15, 0.2) is 51.1 Å². The molecule has 0 saturated heterocycles. The maximum Gasteiger partial charge on any atom is 0.346 e. The summed E-state index contributed by atoms with van der Waals surface area (Å²) in [5.41, 5.74) is 2.49. The molecule has 0 aliphatic carbocycles. The number of hydrogen-bond acceptors (Lipinski definition) is 7. The fraction of sp³-hybridized carbons (Fsp3) is 0.278. The molecule has 136 valence electrons. The molecule has 0 amide bonds. The van der Waals surface area contributed by atoms with E-state index in [1.807, 2.05) is 17.0 Å². The molecule has 0 radical (unpaired) electrons. The normalized spacial score (nSPS) is 19.3. The van der Waals surface area contributed by atoms with Crippen molar-refractivity contribution in [2.75, 3.05) is 14.2 Å². The number of carbonyl (C=O) groups is 2. The molecule has 0 fully saturated rings. The van der Waals surface area contributed by atoms with E-state index in [9.17, 15) is 9.59 Å². The molecular formula is C18H17ClN2O4S. The summed E-state index contributed by atoms with van der Waals surface area (Å²) in [6.07, 6.45) is 0. The lowest BCUT2D eigenvalue weighted by Crippen LogP contribution is -2.35. The molecule has 0 N–H and O–H groups in total. The highest BCUT2D eigenvalue weighted by atomic mass is 35.5. The summed E-state index contributed by atoms with van der Waals surface area (Å²) in [7, 11) is 2.67. The average molecular weight is 393 g/mol. The Morgan fingerprint density at radius 2 is 1.73 bits per heavy atom. The predicted molar refractivity (Wildman–Crippen MR) is 100 cm³/mol. The summed E-state index contributed by atoms with van der Waals surface area (Å²) in [6.45, 7) is 3.56. The number of fused-ring (bicyclic) bond motifs is 1. The Kier molecular flexibility index (Phi) is 5.11. The number of benzene rings is 1. The number of esters is 2. The first-order valence-corrected chi connectivity index (χ1v) is 8.98. The number of carbonyl (C=O) groups excluding carboxylic acids is 2. The summed E-state index contributed by atoms with van der Waals surface area (Å²) in [6, 6.07) is 6.74. The van der Waals surface area contributed by atoms with Crippen molar-refractivity contribution < 1.29 is 19.1 Å². The van der Waals surface area contributed by atoms with E-state index in [-0.39, 0.29) is 0 Å². The number of allylic oxidation sites excluding steroid dienone is 2. The first kappa shape index (κ1) is 18.5. The third kappa shape index (κ3) is 3.01. The van der Waals surface area contributed by atoms with Crippen molar-refractivity contribution in [1.29, 1.82) is 0 Å². The van der Waals surface area contributed by atoms with Crippen LogP contribution in [0, 0.1) is 0 Å². The Bertz CT molecular complexity index is 874. The van der Waals surface area contributed by atoms with Gasteiger partial charge in [0.25, 0.3) is 0 Å². The zero-order chi connectivity index (χ0) is 19.0. The molecule has 0 bridgehead atoms. The monoisotopic (exact) mass is 392 g/mol. The van der Waals surface area contributed by atoms with Gasteiger partial charge in [0, 0.05) is 10.7 Å². The highest BCUT2D eigenvalue weighted by Gasteiger charge is 2.43. The number of thioether (sulfide) groups is 1. The van der Waals surface area contributed by atoms with Gasteiger partial charge in [-0.1, -0.05) is 23.7 Å². The summed E-state index contributed by atoms with van der Waals surface area (Å²) >= 11 is 7.24. The maximum atomic E-state index is 12.5. The molecule has 0 spiro atoms. The van der Waals surface area contributed by atoms with E-state index in [1.54, 1.807) is 26.0 Å². The molecule has 1 aromatic carbocycles. The Morgan fingerprint density at radius 1 is 1.12 bits per heavy atom. The fourth-order valence-electron chi connectivity index (χ4n) is 2.99. The van der Waals surface area contributed by atoms with Crippen molar-refractivity contribution in [1.82, 2.24) is 4.90 Å². The molecule has 26 heavy (non-hydrogen) atoms. The summed E-state index contributed by atoms with van der Waals surface area (Å²) in [5.74, 6) is -0.897. The second kappa shape index (κ2) is 7.17. The van der Waals surface area contributed by atoms with Gasteiger partial charge in [-0.2, -0.15) is 0 Å². The molecule has 8 heteroatoms. The third-order valence-corrected chi connectivity index (χ3v) is 5.62. The number of nitrogens with zero attached hydrogens (tertiary/aromatic N) is 2. The van der Waals surface area contributed by atoms with E-state index >= 15 is 0 Å².